The predicted octanol–water partition coefficient (Wildman–Crippen LogP) is 4.29. The lowest BCUT2D eigenvalue weighted by atomic mass is 10.1. The molecule has 104 valence electrons. The lowest BCUT2D eigenvalue weighted by Gasteiger charge is -2.03. The zero-order chi connectivity index (χ0) is 14.7. The van der Waals surface area contributed by atoms with Crippen LogP contribution in [-0.2, 0) is 0 Å². The number of nitrogens with zero attached hydrogens (tertiary/aromatic N) is 1. The Bertz CT molecular complexity index is 777. The first-order valence-electron chi connectivity index (χ1n) is 6.63. The summed E-state index contributed by atoms with van der Waals surface area (Å²) < 4.78 is 5.08. The van der Waals surface area contributed by atoms with Crippen LogP contribution in [0.25, 0.3) is 10.8 Å². The third-order valence-electron chi connectivity index (χ3n) is 3.32. The van der Waals surface area contributed by atoms with Crippen molar-refractivity contribution in [3.05, 3.63) is 71.6 Å². The summed E-state index contributed by atoms with van der Waals surface area (Å²) in [5, 5.41) is 2.10. The molecular formula is C17H15N2O2+. The zero-order valence-electron chi connectivity index (χ0n) is 11.6. The van der Waals surface area contributed by atoms with Crippen molar-refractivity contribution in [2.24, 2.45) is 0 Å². The van der Waals surface area contributed by atoms with Gasteiger partial charge in [0.25, 0.3) is 5.69 Å². The Kier molecular flexibility index (Phi) is 3.51. The molecule has 1 N–H and O–H groups in total. The summed E-state index contributed by atoms with van der Waals surface area (Å²) in [6.07, 6.45) is 0. The van der Waals surface area contributed by atoms with Gasteiger partial charge < -0.3 is 4.74 Å². The van der Waals surface area contributed by atoms with Gasteiger partial charge in [-0.1, -0.05) is 36.4 Å². The molecule has 0 fully saturated rings. The fourth-order valence-electron chi connectivity index (χ4n) is 2.21. The van der Waals surface area contributed by atoms with Gasteiger partial charge in [0.1, 0.15) is 11.4 Å². The van der Waals surface area contributed by atoms with Gasteiger partial charge in [0, 0.05) is 17.5 Å². The van der Waals surface area contributed by atoms with Crippen LogP contribution in [0.4, 0.5) is 11.4 Å². The maximum absolute atomic E-state index is 12.2. The van der Waals surface area contributed by atoms with E-state index in [0.717, 1.165) is 27.1 Å². The van der Waals surface area contributed by atoms with E-state index < -0.39 is 0 Å². The number of ether oxygens (including phenoxy) is 1. The number of hydrogen-bond acceptors (Lipinski definition) is 2. The van der Waals surface area contributed by atoms with Gasteiger partial charge in [-0.25, -0.2) is 0 Å². The van der Waals surface area contributed by atoms with Gasteiger partial charge in [-0.05, 0) is 23.6 Å². The first-order chi connectivity index (χ1) is 10.3. The van der Waals surface area contributed by atoms with Crippen LogP contribution >= 0.6 is 0 Å². The molecule has 0 atom stereocenters. The van der Waals surface area contributed by atoms with Crippen LogP contribution in [-0.4, -0.2) is 12.0 Å². The number of benzene rings is 3. The molecule has 3 rings (SSSR count). The molecule has 3 aromatic rings. The average Bonchev–Trinajstić information content (AvgIpc) is 2.55. The number of fused-ring (bicyclic) bond motifs is 1. The molecule has 0 heterocycles. The van der Waals surface area contributed by atoms with Gasteiger partial charge in [0.2, 0.25) is 0 Å². The summed E-state index contributed by atoms with van der Waals surface area (Å²) >= 11 is 0. The third-order valence-corrected chi connectivity index (χ3v) is 3.32. The first-order valence-corrected chi connectivity index (χ1v) is 6.63. The van der Waals surface area contributed by atoms with Crippen LogP contribution in [0.15, 0.2) is 66.7 Å². The number of methoxy groups -OCH3 is 1. The molecule has 0 amide bonds. The smallest absolute Gasteiger partial charge is 0.292 e. The SMILES string of the molecule is COc1ccc([N+](=O)Nc2cccc3ccccc23)cc1. The Morgan fingerprint density at radius 2 is 1.62 bits per heavy atom. The maximum atomic E-state index is 12.2. The molecule has 4 heteroatoms. The summed E-state index contributed by atoms with van der Waals surface area (Å²) in [6.45, 7) is 0. The summed E-state index contributed by atoms with van der Waals surface area (Å²) in [6, 6.07) is 20.7. The Hall–Kier alpha value is -2.88. The second kappa shape index (κ2) is 5.63. The van der Waals surface area contributed by atoms with E-state index in [0.29, 0.717) is 5.69 Å². The molecule has 0 aliphatic heterocycles. The van der Waals surface area contributed by atoms with E-state index in [4.69, 9.17) is 4.74 Å². The summed E-state index contributed by atoms with van der Waals surface area (Å²) in [4.78, 5) is 13.0. The second-order valence-electron chi connectivity index (χ2n) is 4.63. The molecule has 3 aromatic carbocycles. The van der Waals surface area contributed by atoms with Crippen molar-refractivity contribution < 1.29 is 9.61 Å². The Morgan fingerprint density at radius 1 is 0.905 bits per heavy atom. The van der Waals surface area contributed by atoms with E-state index in [9.17, 15) is 4.91 Å². The molecule has 0 saturated carbocycles. The number of nitroso groups, excluding NO2 is 1. The number of rotatable bonds is 4. The Balaban J connectivity index is 1.89. The van der Waals surface area contributed by atoms with Crippen LogP contribution in [0.5, 0.6) is 5.75 Å². The highest BCUT2D eigenvalue weighted by Crippen LogP contribution is 2.25. The van der Waals surface area contributed by atoms with Gasteiger partial charge in [0.15, 0.2) is 4.87 Å². The summed E-state index contributed by atoms with van der Waals surface area (Å²) in [5.41, 5.74) is 4.17. The highest BCUT2D eigenvalue weighted by molar-refractivity contribution is 5.93. The number of nitrogens with one attached hydrogen (secondary N) is 1. The highest BCUT2D eigenvalue weighted by atomic mass is 16.5. The molecule has 0 aliphatic rings. The van der Waals surface area contributed by atoms with Gasteiger partial charge in [-0.3, -0.25) is 0 Å². The molecule has 0 unspecified atom stereocenters. The van der Waals surface area contributed by atoms with Crippen molar-refractivity contribution in [3.8, 4) is 5.75 Å². The van der Waals surface area contributed by atoms with Crippen molar-refractivity contribution in [1.29, 1.82) is 0 Å². The topological polar surface area (TPSA) is 41.3 Å². The third kappa shape index (κ3) is 2.69. The number of hydrazine groups is 1. The van der Waals surface area contributed by atoms with Crippen LogP contribution < -0.4 is 10.2 Å². The highest BCUT2D eigenvalue weighted by Gasteiger charge is 2.15. The van der Waals surface area contributed by atoms with Crippen molar-refractivity contribution >= 4 is 22.1 Å². The van der Waals surface area contributed by atoms with Crippen LogP contribution in [0.3, 0.4) is 0 Å². The van der Waals surface area contributed by atoms with Crippen molar-refractivity contribution in [2.75, 3.05) is 12.5 Å². The molecule has 0 aromatic heterocycles. The molecule has 21 heavy (non-hydrogen) atoms. The lowest BCUT2D eigenvalue weighted by molar-refractivity contribution is -0.427. The van der Waals surface area contributed by atoms with E-state index in [1.54, 1.807) is 31.4 Å². The minimum absolute atomic E-state index is 0.517. The zero-order valence-corrected chi connectivity index (χ0v) is 11.6. The van der Waals surface area contributed by atoms with E-state index in [-0.39, 0.29) is 0 Å². The normalized spacial score (nSPS) is 10.3. The summed E-state index contributed by atoms with van der Waals surface area (Å²) in [5.74, 6) is 0.720. The fourth-order valence-corrected chi connectivity index (χ4v) is 2.21. The largest absolute Gasteiger partial charge is 0.497 e. The molecule has 0 radical (unpaired) electrons. The Labute approximate surface area is 122 Å². The van der Waals surface area contributed by atoms with Crippen LogP contribution in [0.2, 0.25) is 0 Å². The van der Waals surface area contributed by atoms with Gasteiger partial charge >= 0.3 is 0 Å². The standard InChI is InChI=1S/C17H15N2O2/c1-21-15-11-9-14(10-12-15)19(20)18-17-8-4-6-13-5-2-3-7-16(13)17/h2-12H,1H3,(H,18,20)/q+1. The average molecular weight is 279 g/mol. The monoisotopic (exact) mass is 279 g/mol. The van der Waals surface area contributed by atoms with Crippen LogP contribution in [0, 0.1) is 4.91 Å². The van der Waals surface area contributed by atoms with Crippen molar-refractivity contribution in [1.82, 2.24) is 0 Å². The maximum Gasteiger partial charge on any atom is 0.292 e. The first kappa shape index (κ1) is 13.1. The Morgan fingerprint density at radius 3 is 2.38 bits per heavy atom. The molecule has 0 spiro atoms. The van der Waals surface area contributed by atoms with Crippen molar-refractivity contribution in [3.63, 3.8) is 0 Å². The lowest BCUT2D eigenvalue weighted by Crippen LogP contribution is -2.10. The van der Waals surface area contributed by atoms with E-state index in [1.165, 1.54) is 0 Å². The fraction of sp³-hybridized carbons (Fsp3) is 0.0588. The quantitative estimate of drug-likeness (QED) is 0.572. The summed E-state index contributed by atoms with van der Waals surface area (Å²) in [7, 11) is 1.60. The van der Waals surface area contributed by atoms with Gasteiger partial charge in [-0.2, -0.15) is 0 Å². The minimum atomic E-state index is 0.517. The van der Waals surface area contributed by atoms with Gasteiger partial charge in [-0.15, -0.1) is 5.43 Å². The van der Waals surface area contributed by atoms with Crippen LogP contribution in [0.1, 0.15) is 0 Å². The van der Waals surface area contributed by atoms with E-state index >= 15 is 0 Å². The van der Waals surface area contributed by atoms with Gasteiger partial charge in [0.05, 0.1) is 12.0 Å². The molecular weight excluding hydrogens is 264 g/mol. The molecule has 0 saturated heterocycles. The van der Waals surface area contributed by atoms with E-state index in [2.05, 4.69) is 5.43 Å². The predicted molar refractivity (Wildman–Crippen MR) is 83.9 cm³/mol. The number of hydrogen-bond donors (Lipinski definition) is 1. The second-order valence-corrected chi connectivity index (χ2v) is 4.63. The molecule has 0 aliphatic carbocycles. The molecule has 0 bridgehead atoms. The van der Waals surface area contributed by atoms with E-state index in [1.807, 2.05) is 42.5 Å². The molecule has 4 nitrogen and oxygen atoms in total. The number of anilines is 1. The van der Waals surface area contributed by atoms with Crippen molar-refractivity contribution in [2.45, 2.75) is 0 Å². The minimum Gasteiger partial charge on any atom is -0.497 e.